The molecule has 94 valence electrons. The van der Waals surface area contributed by atoms with Crippen LogP contribution in [0.2, 0.25) is 0 Å². The van der Waals surface area contributed by atoms with Crippen LogP contribution in [-0.2, 0) is 6.18 Å². The van der Waals surface area contributed by atoms with E-state index in [0.29, 0.717) is 16.9 Å². The molecule has 0 unspecified atom stereocenters. The van der Waals surface area contributed by atoms with Crippen molar-refractivity contribution in [2.45, 2.75) is 13.1 Å². The van der Waals surface area contributed by atoms with Gasteiger partial charge in [-0.15, -0.1) is 11.3 Å². The lowest BCUT2D eigenvalue weighted by molar-refractivity contribution is -0.137. The highest BCUT2D eigenvalue weighted by atomic mass is 32.1. The van der Waals surface area contributed by atoms with Crippen LogP contribution in [0, 0.1) is 6.92 Å². The van der Waals surface area contributed by atoms with Crippen molar-refractivity contribution in [2.24, 2.45) is 0 Å². The second-order valence-corrected chi connectivity index (χ2v) is 4.58. The van der Waals surface area contributed by atoms with Crippen LogP contribution in [0.1, 0.15) is 25.8 Å². The predicted molar refractivity (Wildman–Crippen MR) is 59.5 cm³/mol. The number of halogens is 3. The average Bonchev–Trinajstić information content (AvgIpc) is 2.77. The summed E-state index contributed by atoms with van der Waals surface area (Å²) in [5.74, 6) is -0.492. The monoisotopic (exact) mass is 272 g/mol. The molecule has 0 aliphatic heterocycles. The lowest BCUT2D eigenvalue weighted by Gasteiger charge is -2.01. The van der Waals surface area contributed by atoms with Crippen molar-refractivity contribution in [3.05, 3.63) is 45.7 Å². The Labute approximate surface area is 104 Å². The van der Waals surface area contributed by atoms with Crippen molar-refractivity contribution >= 4 is 17.1 Å². The van der Waals surface area contributed by atoms with Crippen molar-refractivity contribution in [3.8, 4) is 0 Å². The lowest BCUT2D eigenvalue weighted by atomic mass is 10.1. The molecule has 2 aromatic heterocycles. The van der Waals surface area contributed by atoms with E-state index >= 15 is 0 Å². The molecule has 0 bridgehead atoms. The van der Waals surface area contributed by atoms with Gasteiger partial charge in [0.2, 0.25) is 5.78 Å². The number of alkyl halides is 3. The molecular formula is C11H7F3N2OS. The van der Waals surface area contributed by atoms with E-state index in [0.717, 1.165) is 6.20 Å². The molecule has 0 aliphatic carbocycles. The zero-order chi connectivity index (χ0) is 13.3. The number of rotatable bonds is 2. The Balaban J connectivity index is 2.36. The third-order valence-electron chi connectivity index (χ3n) is 2.26. The number of ketones is 1. The minimum absolute atomic E-state index is 0.0431. The zero-order valence-corrected chi connectivity index (χ0v) is 9.97. The van der Waals surface area contributed by atoms with E-state index < -0.39 is 17.0 Å². The molecule has 2 rings (SSSR count). The van der Waals surface area contributed by atoms with Crippen LogP contribution in [0.15, 0.2) is 24.7 Å². The van der Waals surface area contributed by atoms with Crippen LogP contribution in [0.3, 0.4) is 0 Å². The number of hydrogen-bond donors (Lipinski definition) is 0. The average molecular weight is 272 g/mol. The van der Waals surface area contributed by atoms with Crippen LogP contribution < -0.4 is 0 Å². The molecule has 0 saturated carbocycles. The largest absolute Gasteiger partial charge is 0.443 e. The third-order valence-corrected chi connectivity index (χ3v) is 3.30. The summed E-state index contributed by atoms with van der Waals surface area (Å²) in [5.41, 5.74) is 0.951. The molecule has 0 radical (unpaired) electrons. The maximum atomic E-state index is 12.4. The summed E-state index contributed by atoms with van der Waals surface area (Å²) in [5, 5.41) is -1.02. The van der Waals surface area contributed by atoms with Gasteiger partial charge in [-0.25, -0.2) is 4.98 Å². The summed E-state index contributed by atoms with van der Waals surface area (Å²) in [7, 11) is 0. The molecule has 2 heterocycles. The highest BCUT2D eigenvalue weighted by Gasteiger charge is 2.35. The first-order valence-corrected chi connectivity index (χ1v) is 5.69. The molecule has 0 saturated heterocycles. The van der Waals surface area contributed by atoms with Crippen molar-refractivity contribution in [3.63, 3.8) is 0 Å². The molecule has 0 N–H and O–H groups in total. The Morgan fingerprint density at radius 3 is 2.61 bits per heavy atom. The fourth-order valence-corrected chi connectivity index (χ4v) is 2.08. The number of nitrogens with zero attached hydrogens (tertiary/aromatic N) is 2. The number of carbonyl (C=O) groups is 1. The Kier molecular flexibility index (Phi) is 3.16. The van der Waals surface area contributed by atoms with Crippen LogP contribution in [0.5, 0.6) is 0 Å². The Hall–Kier alpha value is -1.76. The van der Waals surface area contributed by atoms with Crippen molar-refractivity contribution in [1.29, 1.82) is 0 Å². The first-order chi connectivity index (χ1) is 8.39. The van der Waals surface area contributed by atoms with Crippen molar-refractivity contribution < 1.29 is 18.0 Å². The molecule has 0 fully saturated rings. The Morgan fingerprint density at radius 2 is 2.06 bits per heavy atom. The molecule has 18 heavy (non-hydrogen) atoms. The maximum absolute atomic E-state index is 12.4. The van der Waals surface area contributed by atoms with Gasteiger partial charge in [0.15, 0.2) is 5.01 Å². The topological polar surface area (TPSA) is 42.9 Å². The van der Waals surface area contributed by atoms with E-state index in [4.69, 9.17) is 0 Å². The van der Waals surface area contributed by atoms with Crippen molar-refractivity contribution in [2.75, 3.05) is 0 Å². The fraction of sp³-hybridized carbons (Fsp3) is 0.182. The summed E-state index contributed by atoms with van der Waals surface area (Å²) < 4.78 is 37.1. The summed E-state index contributed by atoms with van der Waals surface area (Å²) in [6.07, 6.45) is -0.722. The molecular weight excluding hydrogens is 265 g/mol. The van der Waals surface area contributed by atoms with Crippen molar-refractivity contribution in [1.82, 2.24) is 9.97 Å². The van der Waals surface area contributed by atoms with Gasteiger partial charge in [-0.2, -0.15) is 13.2 Å². The number of pyridine rings is 1. The standard InChI is InChI=1S/C11H7F3N2OS/c1-6-2-3-15-4-7(6)9(17)8-5-16-10(18-8)11(12,13)14/h2-5H,1H3. The minimum Gasteiger partial charge on any atom is -0.288 e. The molecule has 0 aromatic carbocycles. The number of hydrogen-bond acceptors (Lipinski definition) is 4. The van der Waals surface area contributed by atoms with Gasteiger partial charge in [0.05, 0.1) is 4.88 Å². The molecule has 0 aliphatic rings. The van der Waals surface area contributed by atoms with E-state index in [2.05, 4.69) is 9.97 Å². The van der Waals surface area contributed by atoms with Gasteiger partial charge in [0, 0.05) is 24.2 Å². The van der Waals surface area contributed by atoms with Crippen LogP contribution in [-0.4, -0.2) is 15.8 Å². The van der Waals surface area contributed by atoms with Gasteiger partial charge in [-0.05, 0) is 18.6 Å². The number of aryl methyl sites for hydroxylation is 1. The van der Waals surface area contributed by atoms with Crippen LogP contribution >= 0.6 is 11.3 Å². The van der Waals surface area contributed by atoms with Gasteiger partial charge in [-0.3, -0.25) is 9.78 Å². The van der Waals surface area contributed by atoms with Gasteiger partial charge in [0.25, 0.3) is 0 Å². The Morgan fingerprint density at radius 1 is 1.33 bits per heavy atom. The molecule has 3 nitrogen and oxygen atoms in total. The quantitative estimate of drug-likeness (QED) is 0.789. The third kappa shape index (κ3) is 2.40. The number of thiazole rings is 1. The second-order valence-electron chi connectivity index (χ2n) is 3.55. The summed E-state index contributed by atoms with van der Waals surface area (Å²) in [4.78, 5) is 18.9. The van der Waals surface area contributed by atoms with Crippen LogP contribution in [0.4, 0.5) is 13.2 Å². The zero-order valence-electron chi connectivity index (χ0n) is 9.15. The van der Waals surface area contributed by atoms with Crippen LogP contribution in [0.25, 0.3) is 0 Å². The summed E-state index contributed by atoms with van der Waals surface area (Å²) in [6.45, 7) is 1.70. The maximum Gasteiger partial charge on any atom is 0.443 e. The van der Waals surface area contributed by atoms with E-state index in [-0.39, 0.29) is 10.4 Å². The first kappa shape index (κ1) is 12.7. The van der Waals surface area contributed by atoms with Gasteiger partial charge < -0.3 is 0 Å². The molecule has 0 atom stereocenters. The van der Waals surface area contributed by atoms with E-state index in [1.54, 1.807) is 13.0 Å². The second kappa shape index (κ2) is 4.49. The normalized spacial score (nSPS) is 11.6. The number of aromatic nitrogens is 2. The summed E-state index contributed by atoms with van der Waals surface area (Å²) in [6, 6.07) is 1.62. The lowest BCUT2D eigenvalue weighted by Crippen LogP contribution is -2.03. The highest BCUT2D eigenvalue weighted by Crippen LogP contribution is 2.33. The minimum atomic E-state index is -4.52. The van der Waals surface area contributed by atoms with E-state index in [9.17, 15) is 18.0 Å². The number of carbonyl (C=O) groups excluding carboxylic acids is 1. The Bertz CT molecular complexity index is 592. The molecule has 0 spiro atoms. The molecule has 0 amide bonds. The van der Waals surface area contributed by atoms with Gasteiger partial charge >= 0.3 is 6.18 Å². The van der Waals surface area contributed by atoms with E-state index in [1.807, 2.05) is 0 Å². The first-order valence-electron chi connectivity index (χ1n) is 4.88. The highest BCUT2D eigenvalue weighted by molar-refractivity contribution is 7.14. The van der Waals surface area contributed by atoms with E-state index in [1.165, 1.54) is 12.4 Å². The SMILES string of the molecule is Cc1ccncc1C(=O)c1cnc(C(F)(F)F)s1. The van der Waals surface area contributed by atoms with Gasteiger partial charge in [-0.1, -0.05) is 0 Å². The summed E-state index contributed by atoms with van der Waals surface area (Å²) >= 11 is 0.338. The predicted octanol–water partition coefficient (Wildman–Crippen LogP) is 3.10. The molecule has 2 aromatic rings. The fourth-order valence-electron chi connectivity index (χ4n) is 1.34. The molecule has 7 heteroatoms. The smallest absolute Gasteiger partial charge is 0.288 e. The van der Waals surface area contributed by atoms with Gasteiger partial charge in [0.1, 0.15) is 0 Å².